The second-order valence-corrected chi connectivity index (χ2v) is 5.53. The number of aromatic nitrogens is 4. The van der Waals surface area contributed by atoms with E-state index < -0.39 is 0 Å². The van der Waals surface area contributed by atoms with Crippen LogP contribution in [0.4, 0.5) is 0 Å². The van der Waals surface area contributed by atoms with E-state index in [-0.39, 0.29) is 0 Å². The van der Waals surface area contributed by atoms with Gasteiger partial charge in [-0.15, -0.1) is 10.2 Å². The molecular formula is C8H7BrN4S. The third-order valence-electron chi connectivity index (χ3n) is 2.19. The van der Waals surface area contributed by atoms with Crippen LogP contribution in [0, 0.1) is 0 Å². The molecule has 14 heavy (non-hydrogen) atoms. The minimum atomic E-state index is 0.688. The Balaban J connectivity index is 1.95. The fourth-order valence-corrected chi connectivity index (χ4v) is 2.36. The van der Waals surface area contributed by atoms with Crippen molar-refractivity contribution < 1.29 is 0 Å². The lowest BCUT2D eigenvalue weighted by atomic mass is 10.3. The minimum absolute atomic E-state index is 0.688. The molecule has 0 aliphatic heterocycles. The zero-order valence-corrected chi connectivity index (χ0v) is 9.62. The normalized spacial score (nSPS) is 16.1. The predicted molar refractivity (Wildman–Crippen MR) is 56.7 cm³/mol. The molecule has 0 saturated heterocycles. The average Bonchev–Trinajstić information content (AvgIpc) is 2.76. The second kappa shape index (κ2) is 3.13. The van der Waals surface area contributed by atoms with Crippen molar-refractivity contribution in [1.29, 1.82) is 0 Å². The van der Waals surface area contributed by atoms with E-state index in [1.807, 2.05) is 6.20 Å². The van der Waals surface area contributed by atoms with Crippen LogP contribution in [-0.2, 0) is 0 Å². The van der Waals surface area contributed by atoms with Crippen molar-refractivity contribution in [2.24, 2.45) is 0 Å². The number of hydrogen-bond acceptors (Lipinski definition) is 4. The Hall–Kier alpha value is -0.750. The molecule has 72 valence electrons. The predicted octanol–water partition coefficient (Wildman–Crippen LogP) is 2.36. The van der Waals surface area contributed by atoms with E-state index >= 15 is 0 Å². The Morgan fingerprint density at radius 3 is 2.93 bits per heavy atom. The zero-order valence-electron chi connectivity index (χ0n) is 7.22. The topological polar surface area (TPSA) is 43.6 Å². The van der Waals surface area contributed by atoms with E-state index in [2.05, 4.69) is 37.3 Å². The van der Waals surface area contributed by atoms with Gasteiger partial charge in [-0.05, 0) is 34.8 Å². The molecule has 0 amide bonds. The molecule has 1 fully saturated rings. The number of halogens is 1. The second-order valence-electron chi connectivity index (χ2n) is 3.30. The smallest absolute Gasteiger partial charge is 0.212 e. The van der Waals surface area contributed by atoms with Crippen molar-refractivity contribution in [2.75, 3.05) is 0 Å². The highest BCUT2D eigenvalue weighted by Gasteiger charge is 2.26. The molecule has 0 spiro atoms. The molecule has 1 aliphatic carbocycles. The van der Waals surface area contributed by atoms with Gasteiger partial charge in [0, 0.05) is 12.1 Å². The monoisotopic (exact) mass is 270 g/mol. The van der Waals surface area contributed by atoms with Gasteiger partial charge in [-0.2, -0.15) is 5.10 Å². The summed E-state index contributed by atoms with van der Waals surface area (Å²) in [4.78, 5) is 0. The molecule has 2 aromatic heterocycles. The molecule has 0 radical (unpaired) electrons. The Bertz CT molecular complexity index is 459. The van der Waals surface area contributed by atoms with Crippen molar-refractivity contribution in [3.8, 4) is 5.13 Å². The lowest BCUT2D eigenvalue weighted by molar-refractivity contribution is 0.813. The average molecular weight is 271 g/mol. The van der Waals surface area contributed by atoms with Crippen LogP contribution in [0.1, 0.15) is 24.5 Å². The maximum atomic E-state index is 4.46. The first-order valence-electron chi connectivity index (χ1n) is 4.38. The summed E-state index contributed by atoms with van der Waals surface area (Å²) in [5.41, 5.74) is 1.18. The minimum Gasteiger partial charge on any atom is -0.212 e. The van der Waals surface area contributed by atoms with E-state index in [0.717, 1.165) is 9.05 Å². The standard InChI is InChI=1S/C8H7BrN4S/c9-7-10-11-8(14-7)13-4-3-6(12-13)5-1-2-5/h3-5H,1-2H2. The van der Waals surface area contributed by atoms with Crippen molar-refractivity contribution in [2.45, 2.75) is 18.8 Å². The van der Waals surface area contributed by atoms with Gasteiger partial charge in [-0.3, -0.25) is 0 Å². The highest BCUT2D eigenvalue weighted by atomic mass is 79.9. The summed E-state index contributed by atoms with van der Waals surface area (Å²) in [6.45, 7) is 0. The molecular weight excluding hydrogens is 264 g/mol. The summed E-state index contributed by atoms with van der Waals surface area (Å²) in [7, 11) is 0. The molecule has 3 rings (SSSR count). The van der Waals surface area contributed by atoms with E-state index in [9.17, 15) is 0 Å². The molecule has 0 atom stereocenters. The third-order valence-corrected chi connectivity index (χ3v) is 3.54. The fourth-order valence-electron chi connectivity index (χ4n) is 1.33. The number of nitrogens with zero attached hydrogens (tertiary/aromatic N) is 4. The Kier molecular flexibility index (Phi) is 1.91. The van der Waals surface area contributed by atoms with Gasteiger partial charge in [-0.1, -0.05) is 11.3 Å². The summed E-state index contributed by atoms with van der Waals surface area (Å²) < 4.78 is 2.58. The van der Waals surface area contributed by atoms with Crippen molar-refractivity contribution >= 4 is 27.3 Å². The van der Waals surface area contributed by atoms with Gasteiger partial charge in [0.05, 0.1) is 5.69 Å². The molecule has 0 N–H and O–H groups in total. The molecule has 2 heterocycles. The summed E-state index contributed by atoms with van der Waals surface area (Å²) in [5, 5.41) is 13.2. The van der Waals surface area contributed by atoms with Crippen LogP contribution in [0.15, 0.2) is 16.2 Å². The first kappa shape index (κ1) is 8.55. The van der Waals surface area contributed by atoms with E-state index in [1.165, 1.54) is 29.9 Å². The van der Waals surface area contributed by atoms with Gasteiger partial charge < -0.3 is 0 Å². The van der Waals surface area contributed by atoms with E-state index in [4.69, 9.17) is 0 Å². The first-order chi connectivity index (χ1) is 6.83. The van der Waals surface area contributed by atoms with E-state index in [0.29, 0.717) is 5.92 Å². The lowest BCUT2D eigenvalue weighted by Gasteiger charge is -1.91. The number of hydrogen-bond donors (Lipinski definition) is 0. The van der Waals surface area contributed by atoms with Crippen LogP contribution in [0.2, 0.25) is 0 Å². The van der Waals surface area contributed by atoms with Crippen molar-refractivity contribution in [1.82, 2.24) is 20.0 Å². The third kappa shape index (κ3) is 1.48. The van der Waals surface area contributed by atoms with Crippen molar-refractivity contribution in [3.63, 3.8) is 0 Å². The molecule has 1 saturated carbocycles. The van der Waals surface area contributed by atoms with Gasteiger partial charge in [0.2, 0.25) is 5.13 Å². The quantitative estimate of drug-likeness (QED) is 0.842. The summed E-state index contributed by atoms with van der Waals surface area (Å²) >= 11 is 4.76. The Morgan fingerprint density at radius 1 is 1.43 bits per heavy atom. The summed E-state index contributed by atoms with van der Waals surface area (Å²) in [6.07, 6.45) is 4.49. The molecule has 6 heteroatoms. The van der Waals surface area contributed by atoms with Gasteiger partial charge in [0.25, 0.3) is 0 Å². The maximum absolute atomic E-state index is 4.46. The van der Waals surface area contributed by atoms with Crippen LogP contribution < -0.4 is 0 Å². The largest absolute Gasteiger partial charge is 0.233 e. The Morgan fingerprint density at radius 2 is 2.29 bits per heavy atom. The highest BCUT2D eigenvalue weighted by molar-refractivity contribution is 9.11. The van der Waals surface area contributed by atoms with Crippen molar-refractivity contribution in [3.05, 3.63) is 21.9 Å². The molecule has 1 aliphatic rings. The van der Waals surface area contributed by atoms with Crippen LogP contribution in [0.25, 0.3) is 5.13 Å². The lowest BCUT2D eigenvalue weighted by Crippen LogP contribution is -1.94. The van der Waals surface area contributed by atoms with Crippen LogP contribution in [-0.4, -0.2) is 20.0 Å². The van der Waals surface area contributed by atoms with Crippen LogP contribution in [0.5, 0.6) is 0 Å². The van der Waals surface area contributed by atoms with E-state index in [1.54, 1.807) is 4.68 Å². The van der Waals surface area contributed by atoms with Gasteiger partial charge >= 0.3 is 0 Å². The zero-order chi connectivity index (χ0) is 9.54. The highest BCUT2D eigenvalue weighted by Crippen LogP contribution is 2.39. The Labute approximate surface area is 93.1 Å². The molecule has 2 aromatic rings. The summed E-state index contributed by atoms with van der Waals surface area (Å²) in [5.74, 6) is 0.688. The number of rotatable bonds is 2. The van der Waals surface area contributed by atoms with Gasteiger partial charge in [-0.25, -0.2) is 4.68 Å². The molecule has 0 aromatic carbocycles. The molecule has 0 unspecified atom stereocenters. The SMILES string of the molecule is Brc1nnc(-n2ccc(C3CC3)n2)s1. The van der Waals surface area contributed by atoms with Crippen LogP contribution >= 0.6 is 27.3 Å². The molecule has 0 bridgehead atoms. The van der Waals surface area contributed by atoms with Gasteiger partial charge in [0.1, 0.15) is 0 Å². The first-order valence-corrected chi connectivity index (χ1v) is 5.99. The fraction of sp³-hybridized carbons (Fsp3) is 0.375. The maximum Gasteiger partial charge on any atom is 0.233 e. The van der Waals surface area contributed by atoms with Crippen LogP contribution in [0.3, 0.4) is 0 Å². The molecule has 4 nitrogen and oxygen atoms in total. The summed E-state index contributed by atoms with van der Waals surface area (Å²) in [6, 6.07) is 2.06. The van der Waals surface area contributed by atoms with Gasteiger partial charge in [0.15, 0.2) is 3.92 Å².